The molecule has 0 fully saturated rings. The third-order valence-corrected chi connectivity index (χ3v) is 4.63. The van der Waals surface area contributed by atoms with Crippen LogP contribution in [0.4, 0.5) is 5.82 Å². The second-order valence-electron chi connectivity index (χ2n) is 6.51. The molecule has 7 heteroatoms. The number of pyridine rings is 1. The van der Waals surface area contributed by atoms with E-state index in [0.29, 0.717) is 29.6 Å². The fourth-order valence-electron chi connectivity index (χ4n) is 2.81. The SMILES string of the molecule is COCc1cc(C)nc(NN=Cc2ccc(OCc3ccccc3Cl)cc2)c1C#N. The minimum absolute atomic E-state index is 0.334. The molecule has 2 aromatic carbocycles. The Bertz CT molecular complexity index is 1080. The molecule has 0 radical (unpaired) electrons. The van der Waals surface area contributed by atoms with Gasteiger partial charge in [-0.15, -0.1) is 0 Å². The van der Waals surface area contributed by atoms with Crippen LogP contribution in [0.3, 0.4) is 0 Å². The van der Waals surface area contributed by atoms with Crippen molar-refractivity contribution < 1.29 is 9.47 Å². The van der Waals surface area contributed by atoms with Gasteiger partial charge in [0.25, 0.3) is 0 Å². The van der Waals surface area contributed by atoms with E-state index in [1.54, 1.807) is 13.3 Å². The summed E-state index contributed by atoms with van der Waals surface area (Å²) in [4.78, 5) is 4.36. The highest BCUT2D eigenvalue weighted by atomic mass is 35.5. The number of ether oxygens (including phenoxy) is 2. The highest BCUT2D eigenvalue weighted by Gasteiger charge is 2.10. The molecule has 0 unspecified atom stereocenters. The highest BCUT2D eigenvalue weighted by molar-refractivity contribution is 6.31. The molecule has 0 aliphatic carbocycles. The number of benzene rings is 2. The van der Waals surface area contributed by atoms with Crippen molar-refractivity contribution in [2.75, 3.05) is 12.5 Å². The summed E-state index contributed by atoms with van der Waals surface area (Å²) in [6.07, 6.45) is 1.65. The zero-order chi connectivity index (χ0) is 21.3. The second-order valence-corrected chi connectivity index (χ2v) is 6.92. The van der Waals surface area contributed by atoms with Crippen molar-refractivity contribution in [1.29, 1.82) is 5.26 Å². The number of anilines is 1. The Morgan fingerprint density at radius 3 is 2.60 bits per heavy atom. The Morgan fingerprint density at radius 2 is 1.90 bits per heavy atom. The molecule has 3 aromatic rings. The average Bonchev–Trinajstić information content (AvgIpc) is 2.74. The molecule has 152 valence electrons. The molecule has 0 bridgehead atoms. The monoisotopic (exact) mass is 420 g/mol. The van der Waals surface area contributed by atoms with Gasteiger partial charge < -0.3 is 9.47 Å². The van der Waals surface area contributed by atoms with Crippen LogP contribution in [0.1, 0.15) is 27.9 Å². The van der Waals surface area contributed by atoms with Gasteiger partial charge in [0.05, 0.1) is 12.8 Å². The maximum atomic E-state index is 9.45. The Balaban J connectivity index is 1.63. The maximum absolute atomic E-state index is 9.45. The molecule has 1 N–H and O–H groups in total. The molecule has 1 heterocycles. The number of methoxy groups -OCH3 is 1. The number of aryl methyl sites for hydroxylation is 1. The van der Waals surface area contributed by atoms with E-state index in [9.17, 15) is 5.26 Å². The summed E-state index contributed by atoms with van der Waals surface area (Å²) in [5, 5.41) is 14.3. The molecule has 0 spiro atoms. The normalized spacial score (nSPS) is 10.7. The fraction of sp³-hybridized carbons (Fsp3) is 0.174. The lowest BCUT2D eigenvalue weighted by atomic mass is 10.1. The summed E-state index contributed by atoms with van der Waals surface area (Å²) in [6.45, 7) is 2.59. The van der Waals surface area contributed by atoms with Crippen LogP contribution < -0.4 is 10.2 Å². The van der Waals surface area contributed by atoms with Gasteiger partial charge in [-0.3, -0.25) is 5.43 Å². The zero-order valence-electron chi connectivity index (χ0n) is 16.7. The molecule has 0 amide bonds. The van der Waals surface area contributed by atoms with Crippen LogP contribution in [0.5, 0.6) is 5.75 Å². The molecule has 3 rings (SSSR count). The van der Waals surface area contributed by atoms with E-state index in [-0.39, 0.29) is 0 Å². The zero-order valence-corrected chi connectivity index (χ0v) is 17.5. The van der Waals surface area contributed by atoms with Crippen LogP contribution in [-0.4, -0.2) is 18.3 Å². The maximum Gasteiger partial charge on any atom is 0.164 e. The molecular formula is C23H21ClN4O2. The molecule has 0 atom stereocenters. The first-order chi connectivity index (χ1) is 14.6. The Morgan fingerprint density at radius 1 is 1.13 bits per heavy atom. The van der Waals surface area contributed by atoms with Crippen molar-refractivity contribution in [3.05, 3.63) is 87.6 Å². The van der Waals surface area contributed by atoms with Crippen LogP contribution in [0.2, 0.25) is 5.02 Å². The summed E-state index contributed by atoms with van der Waals surface area (Å²) in [5.41, 5.74) is 6.62. The smallest absolute Gasteiger partial charge is 0.164 e. The lowest BCUT2D eigenvalue weighted by Gasteiger charge is -2.09. The van der Waals surface area contributed by atoms with Gasteiger partial charge in [0.2, 0.25) is 0 Å². The second kappa shape index (κ2) is 10.4. The predicted octanol–water partition coefficient (Wildman–Crippen LogP) is 5.09. The molecule has 6 nitrogen and oxygen atoms in total. The van der Waals surface area contributed by atoms with Crippen molar-refractivity contribution >= 4 is 23.6 Å². The minimum atomic E-state index is 0.334. The van der Waals surface area contributed by atoms with E-state index in [4.69, 9.17) is 21.1 Å². The molecule has 1 aromatic heterocycles. The summed E-state index contributed by atoms with van der Waals surface area (Å²) < 4.78 is 10.9. The molecule has 0 aliphatic rings. The first kappa shape index (κ1) is 21.3. The van der Waals surface area contributed by atoms with Gasteiger partial charge in [0.15, 0.2) is 5.82 Å². The summed E-state index contributed by atoms with van der Waals surface area (Å²) >= 11 is 6.15. The molecule has 30 heavy (non-hydrogen) atoms. The van der Waals surface area contributed by atoms with E-state index in [1.165, 1.54) is 0 Å². The quantitative estimate of drug-likeness (QED) is 0.405. The number of nitrogens with zero attached hydrogens (tertiary/aromatic N) is 3. The van der Waals surface area contributed by atoms with Gasteiger partial charge in [-0.25, -0.2) is 4.98 Å². The molecule has 0 saturated heterocycles. The van der Waals surface area contributed by atoms with Crippen LogP contribution >= 0.6 is 11.6 Å². The first-order valence-electron chi connectivity index (χ1n) is 9.25. The Hall–Kier alpha value is -3.40. The highest BCUT2D eigenvalue weighted by Crippen LogP contribution is 2.20. The number of hydrazone groups is 1. The van der Waals surface area contributed by atoms with Crippen molar-refractivity contribution in [2.45, 2.75) is 20.1 Å². The van der Waals surface area contributed by atoms with Gasteiger partial charge in [0, 0.05) is 29.0 Å². The molecule has 0 aliphatic heterocycles. The number of hydrogen-bond donors (Lipinski definition) is 1. The van der Waals surface area contributed by atoms with Gasteiger partial charge in [-0.1, -0.05) is 29.8 Å². The Labute approximate surface area is 180 Å². The summed E-state index contributed by atoms with van der Waals surface area (Å²) in [5.74, 6) is 1.14. The van der Waals surface area contributed by atoms with E-state index >= 15 is 0 Å². The van der Waals surface area contributed by atoms with E-state index in [2.05, 4.69) is 21.6 Å². The van der Waals surface area contributed by atoms with E-state index in [0.717, 1.165) is 28.1 Å². The number of nitriles is 1. The number of hydrogen-bond acceptors (Lipinski definition) is 6. The van der Waals surface area contributed by atoms with Crippen LogP contribution in [0.25, 0.3) is 0 Å². The summed E-state index contributed by atoms with van der Waals surface area (Å²) in [6, 6.07) is 19.1. The fourth-order valence-corrected chi connectivity index (χ4v) is 3.00. The topological polar surface area (TPSA) is 79.5 Å². The predicted molar refractivity (Wildman–Crippen MR) is 118 cm³/mol. The van der Waals surface area contributed by atoms with Crippen LogP contribution in [-0.2, 0) is 18.0 Å². The van der Waals surface area contributed by atoms with Crippen LogP contribution in [0, 0.1) is 18.3 Å². The lowest BCUT2D eigenvalue weighted by Crippen LogP contribution is -2.03. The van der Waals surface area contributed by atoms with Crippen molar-refractivity contribution in [1.82, 2.24) is 4.98 Å². The van der Waals surface area contributed by atoms with Gasteiger partial charge in [-0.2, -0.15) is 10.4 Å². The van der Waals surface area contributed by atoms with Crippen LogP contribution in [0.15, 0.2) is 59.7 Å². The molecular weight excluding hydrogens is 400 g/mol. The number of rotatable bonds is 8. The minimum Gasteiger partial charge on any atom is -0.489 e. The molecule has 0 saturated carbocycles. The van der Waals surface area contributed by atoms with Gasteiger partial charge >= 0.3 is 0 Å². The van der Waals surface area contributed by atoms with Gasteiger partial charge in [0.1, 0.15) is 24.0 Å². The van der Waals surface area contributed by atoms with Crippen molar-refractivity contribution in [3.8, 4) is 11.8 Å². The van der Waals surface area contributed by atoms with Crippen molar-refractivity contribution in [3.63, 3.8) is 0 Å². The largest absolute Gasteiger partial charge is 0.489 e. The third-order valence-electron chi connectivity index (χ3n) is 4.26. The lowest BCUT2D eigenvalue weighted by molar-refractivity contribution is 0.184. The van der Waals surface area contributed by atoms with Gasteiger partial charge in [-0.05, 0) is 48.9 Å². The standard InChI is InChI=1S/C23H21ClN4O2/c1-16-11-19(14-29-2)21(12-25)23(27-16)28-26-13-17-7-9-20(10-8-17)30-15-18-5-3-4-6-22(18)24/h3-11,13H,14-15H2,1-2H3,(H,27,28). The first-order valence-corrected chi connectivity index (χ1v) is 9.63. The number of nitrogens with one attached hydrogen (secondary N) is 1. The number of halogens is 1. The van der Waals surface area contributed by atoms with E-state index in [1.807, 2.05) is 61.5 Å². The number of aromatic nitrogens is 1. The average molecular weight is 421 g/mol. The van der Waals surface area contributed by atoms with E-state index < -0.39 is 0 Å². The third kappa shape index (κ3) is 5.57. The summed E-state index contributed by atoms with van der Waals surface area (Å²) in [7, 11) is 1.59. The Kier molecular flexibility index (Phi) is 7.39. The van der Waals surface area contributed by atoms with Crippen molar-refractivity contribution in [2.24, 2.45) is 5.10 Å².